The van der Waals surface area contributed by atoms with Gasteiger partial charge in [-0.1, -0.05) is 17.7 Å². The fourth-order valence-corrected chi connectivity index (χ4v) is 1.99. The van der Waals surface area contributed by atoms with Crippen LogP contribution in [-0.2, 0) is 16.6 Å². The highest BCUT2D eigenvalue weighted by Crippen LogP contribution is 2.25. The van der Waals surface area contributed by atoms with Crippen LogP contribution in [0.3, 0.4) is 0 Å². The van der Waals surface area contributed by atoms with Crippen LogP contribution in [0.1, 0.15) is 5.56 Å². The number of rotatable bonds is 6. The predicted octanol–water partition coefficient (Wildman–Crippen LogP) is 0.727. The Bertz CT molecular complexity index is 476. The standard InChI is InChI=1S/C10H15ClN2O3S/c1-16-10-4-2-3-9(11)8(10)7-13-5-6-17(12,14)15/h2-4,13H,5-7H2,1H3,(H2,12,14,15). The van der Waals surface area contributed by atoms with Gasteiger partial charge in [0.05, 0.1) is 12.9 Å². The Morgan fingerprint density at radius 1 is 1.47 bits per heavy atom. The van der Waals surface area contributed by atoms with Crippen molar-refractivity contribution in [2.24, 2.45) is 5.14 Å². The van der Waals surface area contributed by atoms with E-state index in [-0.39, 0.29) is 12.3 Å². The van der Waals surface area contributed by atoms with Crippen LogP contribution in [0.2, 0.25) is 5.02 Å². The average Bonchev–Trinajstić information content (AvgIpc) is 2.24. The van der Waals surface area contributed by atoms with Gasteiger partial charge in [-0.2, -0.15) is 0 Å². The molecule has 0 spiro atoms. The molecular formula is C10H15ClN2O3S. The van der Waals surface area contributed by atoms with E-state index >= 15 is 0 Å². The first-order valence-corrected chi connectivity index (χ1v) is 7.06. The summed E-state index contributed by atoms with van der Waals surface area (Å²) < 4.78 is 26.6. The van der Waals surface area contributed by atoms with Gasteiger partial charge in [-0.25, -0.2) is 13.6 Å². The zero-order chi connectivity index (χ0) is 12.9. The van der Waals surface area contributed by atoms with Crippen molar-refractivity contribution >= 4 is 21.6 Å². The normalized spacial score (nSPS) is 11.5. The van der Waals surface area contributed by atoms with Crippen molar-refractivity contribution in [2.75, 3.05) is 19.4 Å². The number of benzene rings is 1. The summed E-state index contributed by atoms with van der Waals surface area (Å²) in [6.45, 7) is 0.700. The molecule has 0 aliphatic heterocycles. The Morgan fingerprint density at radius 2 is 2.18 bits per heavy atom. The number of hydrogen-bond acceptors (Lipinski definition) is 4. The Kier molecular flexibility index (Phi) is 5.20. The molecule has 0 atom stereocenters. The van der Waals surface area contributed by atoms with E-state index in [0.29, 0.717) is 17.3 Å². The highest BCUT2D eigenvalue weighted by Gasteiger charge is 2.07. The van der Waals surface area contributed by atoms with Crippen molar-refractivity contribution in [3.05, 3.63) is 28.8 Å². The van der Waals surface area contributed by atoms with Crippen molar-refractivity contribution in [2.45, 2.75) is 6.54 Å². The number of ether oxygens (including phenoxy) is 1. The molecule has 1 aromatic rings. The number of methoxy groups -OCH3 is 1. The monoisotopic (exact) mass is 278 g/mol. The predicted molar refractivity (Wildman–Crippen MR) is 67.7 cm³/mol. The molecule has 0 aliphatic rings. The van der Waals surface area contributed by atoms with Gasteiger partial charge in [0.15, 0.2) is 0 Å². The molecule has 0 saturated heterocycles. The molecular weight excluding hydrogens is 264 g/mol. The lowest BCUT2D eigenvalue weighted by molar-refractivity contribution is 0.408. The van der Waals surface area contributed by atoms with Crippen molar-refractivity contribution in [3.8, 4) is 5.75 Å². The third kappa shape index (κ3) is 4.91. The van der Waals surface area contributed by atoms with E-state index in [1.165, 1.54) is 0 Å². The van der Waals surface area contributed by atoms with Crippen LogP contribution in [0.25, 0.3) is 0 Å². The summed E-state index contributed by atoms with van der Waals surface area (Å²) in [6, 6.07) is 5.33. The van der Waals surface area contributed by atoms with E-state index in [2.05, 4.69) is 5.32 Å². The maximum Gasteiger partial charge on any atom is 0.210 e. The van der Waals surface area contributed by atoms with Crippen LogP contribution in [0.4, 0.5) is 0 Å². The molecule has 0 amide bonds. The van der Waals surface area contributed by atoms with Gasteiger partial charge in [-0.15, -0.1) is 0 Å². The van der Waals surface area contributed by atoms with Crippen molar-refractivity contribution in [3.63, 3.8) is 0 Å². The molecule has 3 N–H and O–H groups in total. The molecule has 7 heteroatoms. The van der Waals surface area contributed by atoms with Gasteiger partial charge in [0.2, 0.25) is 10.0 Å². The van der Waals surface area contributed by atoms with Crippen molar-refractivity contribution in [1.82, 2.24) is 5.32 Å². The lowest BCUT2D eigenvalue weighted by atomic mass is 10.2. The Labute approximate surface area is 106 Å². The maximum absolute atomic E-state index is 10.7. The number of halogens is 1. The Balaban J connectivity index is 2.57. The fourth-order valence-electron chi connectivity index (χ4n) is 1.33. The van der Waals surface area contributed by atoms with Crippen molar-refractivity contribution < 1.29 is 13.2 Å². The number of sulfonamides is 1. The highest BCUT2D eigenvalue weighted by molar-refractivity contribution is 7.89. The topological polar surface area (TPSA) is 81.4 Å². The number of nitrogens with two attached hydrogens (primary N) is 1. The van der Waals surface area contributed by atoms with E-state index in [4.69, 9.17) is 21.5 Å². The molecule has 96 valence electrons. The zero-order valence-electron chi connectivity index (χ0n) is 9.44. The SMILES string of the molecule is COc1cccc(Cl)c1CNCCS(N)(=O)=O. The van der Waals surface area contributed by atoms with E-state index in [9.17, 15) is 8.42 Å². The van der Waals surface area contributed by atoms with E-state index in [0.717, 1.165) is 5.56 Å². The van der Waals surface area contributed by atoms with Crippen molar-refractivity contribution in [1.29, 1.82) is 0 Å². The molecule has 17 heavy (non-hydrogen) atoms. The second kappa shape index (κ2) is 6.20. The summed E-state index contributed by atoms with van der Waals surface area (Å²) in [7, 11) is -1.88. The first-order chi connectivity index (χ1) is 7.94. The summed E-state index contributed by atoms with van der Waals surface area (Å²) in [5.74, 6) is 0.556. The van der Waals surface area contributed by atoms with Gasteiger partial charge in [-0.05, 0) is 12.1 Å². The zero-order valence-corrected chi connectivity index (χ0v) is 11.0. The van der Waals surface area contributed by atoms with Crippen LogP contribution in [0, 0.1) is 0 Å². The third-order valence-corrected chi connectivity index (χ3v) is 3.29. The van der Waals surface area contributed by atoms with Gasteiger partial charge in [0.25, 0.3) is 0 Å². The molecule has 5 nitrogen and oxygen atoms in total. The Morgan fingerprint density at radius 3 is 2.76 bits per heavy atom. The minimum absolute atomic E-state index is 0.111. The smallest absolute Gasteiger partial charge is 0.210 e. The first kappa shape index (κ1) is 14.2. The summed E-state index contributed by atoms with van der Waals surface area (Å²) in [4.78, 5) is 0. The summed E-state index contributed by atoms with van der Waals surface area (Å²) in [5, 5.41) is 8.41. The quantitative estimate of drug-likeness (QED) is 0.752. The maximum atomic E-state index is 10.7. The number of hydrogen-bond donors (Lipinski definition) is 2. The van der Waals surface area contributed by atoms with E-state index < -0.39 is 10.0 Å². The molecule has 1 rings (SSSR count). The van der Waals surface area contributed by atoms with E-state index in [1.807, 2.05) is 0 Å². The summed E-state index contributed by atoms with van der Waals surface area (Å²) >= 11 is 6.01. The minimum atomic E-state index is -3.43. The minimum Gasteiger partial charge on any atom is -0.496 e. The lowest BCUT2D eigenvalue weighted by Gasteiger charge is -2.10. The summed E-state index contributed by atoms with van der Waals surface area (Å²) in [6.07, 6.45) is 0. The Hall–Kier alpha value is -0.820. The largest absolute Gasteiger partial charge is 0.496 e. The molecule has 0 radical (unpaired) electrons. The van der Waals surface area contributed by atoms with Crippen LogP contribution in [0.5, 0.6) is 5.75 Å². The fraction of sp³-hybridized carbons (Fsp3) is 0.400. The van der Waals surface area contributed by atoms with Gasteiger partial charge in [0.1, 0.15) is 5.75 Å². The average molecular weight is 279 g/mol. The molecule has 0 aliphatic carbocycles. The van der Waals surface area contributed by atoms with Crippen LogP contribution in [-0.4, -0.2) is 27.8 Å². The van der Waals surface area contributed by atoms with Gasteiger partial charge >= 0.3 is 0 Å². The highest BCUT2D eigenvalue weighted by atomic mass is 35.5. The van der Waals surface area contributed by atoms with E-state index in [1.54, 1.807) is 25.3 Å². The van der Waals surface area contributed by atoms with Crippen LogP contribution in [0.15, 0.2) is 18.2 Å². The second-order valence-corrected chi connectivity index (χ2v) is 5.61. The molecule has 1 aromatic carbocycles. The molecule has 0 heterocycles. The lowest BCUT2D eigenvalue weighted by Crippen LogP contribution is -2.27. The molecule has 0 aromatic heterocycles. The third-order valence-electron chi connectivity index (χ3n) is 2.16. The molecule has 0 unspecified atom stereocenters. The van der Waals surface area contributed by atoms with Gasteiger partial charge in [0, 0.05) is 23.7 Å². The van der Waals surface area contributed by atoms with Crippen LogP contribution < -0.4 is 15.2 Å². The van der Waals surface area contributed by atoms with Gasteiger partial charge in [-0.3, -0.25) is 0 Å². The molecule has 0 bridgehead atoms. The number of nitrogens with one attached hydrogen (secondary N) is 1. The number of primary sulfonamides is 1. The summed E-state index contributed by atoms with van der Waals surface area (Å²) in [5.41, 5.74) is 0.797. The second-order valence-electron chi connectivity index (χ2n) is 3.46. The van der Waals surface area contributed by atoms with Gasteiger partial charge < -0.3 is 10.1 Å². The first-order valence-electron chi connectivity index (χ1n) is 4.96. The van der Waals surface area contributed by atoms with Crippen LogP contribution >= 0.6 is 11.6 Å². The molecule has 0 fully saturated rings. The molecule has 0 saturated carbocycles.